The number of carbonyl (C=O) groups excluding carboxylic acids is 1. The third-order valence-electron chi connectivity index (χ3n) is 3.35. The van der Waals surface area contributed by atoms with Gasteiger partial charge in [0.1, 0.15) is 11.3 Å². The van der Waals surface area contributed by atoms with Gasteiger partial charge in [0.25, 0.3) is 5.91 Å². The predicted octanol–water partition coefficient (Wildman–Crippen LogP) is 4.20. The van der Waals surface area contributed by atoms with Crippen molar-refractivity contribution in [2.75, 3.05) is 13.1 Å². The molecule has 0 aromatic heterocycles. The third-order valence-corrected chi connectivity index (χ3v) is 4.43. The first-order chi connectivity index (χ1) is 10.2. The molecule has 0 unspecified atom stereocenters. The van der Waals surface area contributed by atoms with Gasteiger partial charge in [-0.15, -0.1) is 0 Å². The van der Waals surface area contributed by atoms with Crippen molar-refractivity contribution in [3.63, 3.8) is 0 Å². The van der Waals surface area contributed by atoms with Crippen LogP contribution in [0.25, 0.3) is 0 Å². The van der Waals surface area contributed by atoms with E-state index in [9.17, 15) is 9.90 Å². The number of halogens is 3. The second kappa shape index (κ2) is 8.25. The van der Waals surface area contributed by atoms with Crippen LogP contribution in [0.2, 0.25) is 15.1 Å². The van der Waals surface area contributed by atoms with E-state index in [-0.39, 0.29) is 26.4 Å². The van der Waals surface area contributed by atoms with Crippen molar-refractivity contribution in [2.45, 2.75) is 39.8 Å². The van der Waals surface area contributed by atoms with Crippen LogP contribution in [0.5, 0.6) is 5.75 Å². The SMILES string of the molecule is CC(C)N(CCNC(=O)c1c(O)c(Cl)cc(Cl)c1Cl)C(C)C. The van der Waals surface area contributed by atoms with Crippen LogP contribution >= 0.6 is 34.8 Å². The highest BCUT2D eigenvalue weighted by molar-refractivity contribution is 6.45. The molecule has 0 saturated heterocycles. The molecule has 124 valence electrons. The van der Waals surface area contributed by atoms with Crippen LogP contribution in [0.1, 0.15) is 38.1 Å². The average Bonchev–Trinajstić information content (AvgIpc) is 2.40. The lowest BCUT2D eigenvalue weighted by Gasteiger charge is -2.30. The number of hydrogen-bond acceptors (Lipinski definition) is 3. The summed E-state index contributed by atoms with van der Waals surface area (Å²) in [6, 6.07) is 2.04. The number of phenolic OH excluding ortho intramolecular Hbond substituents is 1. The average molecular weight is 368 g/mol. The van der Waals surface area contributed by atoms with Crippen molar-refractivity contribution < 1.29 is 9.90 Å². The summed E-state index contributed by atoms with van der Waals surface area (Å²) >= 11 is 17.7. The number of nitrogens with one attached hydrogen (secondary N) is 1. The van der Waals surface area contributed by atoms with Gasteiger partial charge in [-0.2, -0.15) is 0 Å². The van der Waals surface area contributed by atoms with Gasteiger partial charge in [0, 0.05) is 25.2 Å². The Kier molecular flexibility index (Phi) is 7.26. The highest BCUT2D eigenvalue weighted by Gasteiger charge is 2.21. The maximum atomic E-state index is 12.2. The molecule has 0 saturated carbocycles. The van der Waals surface area contributed by atoms with E-state index >= 15 is 0 Å². The number of nitrogens with zero attached hydrogens (tertiary/aromatic N) is 1. The lowest BCUT2D eigenvalue weighted by molar-refractivity contribution is 0.0937. The quantitative estimate of drug-likeness (QED) is 0.741. The van der Waals surface area contributed by atoms with Crippen LogP contribution in [0.3, 0.4) is 0 Å². The normalized spacial score (nSPS) is 11.5. The Morgan fingerprint density at radius 3 is 2.23 bits per heavy atom. The van der Waals surface area contributed by atoms with Crippen molar-refractivity contribution in [1.82, 2.24) is 10.2 Å². The van der Waals surface area contributed by atoms with Gasteiger partial charge >= 0.3 is 0 Å². The monoisotopic (exact) mass is 366 g/mol. The van der Waals surface area contributed by atoms with E-state index in [1.54, 1.807) is 0 Å². The Hall–Kier alpha value is -0.680. The summed E-state index contributed by atoms with van der Waals surface area (Å²) in [7, 11) is 0. The van der Waals surface area contributed by atoms with E-state index in [4.69, 9.17) is 34.8 Å². The van der Waals surface area contributed by atoms with Gasteiger partial charge in [-0.25, -0.2) is 0 Å². The van der Waals surface area contributed by atoms with E-state index in [1.165, 1.54) is 6.07 Å². The largest absolute Gasteiger partial charge is 0.505 e. The summed E-state index contributed by atoms with van der Waals surface area (Å²) in [5.41, 5.74) is -0.0974. The van der Waals surface area contributed by atoms with Gasteiger partial charge in [-0.05, 0) is 33.8 Å². The van der Waals surface area contributed by atoms with Crippen LogP contribution in [-0.2, 0) is 0 Å². The highest BCUT2D eigenvalue weighted by atomic mass is 35.5. The number of amides is 1. The van der Waals surface area contributed by atoms with Crippen molar-refractivity contribution in [1.29, 1.82) is 0 Å². The van der Waals surface area contributed by atoms with Gasteiger partial charge < -0.3 is 10.4 Å². The zero-order chi connectivity index (χ0) is 17.0. The molecule has 0 aliphatic carbocycles. The fourth-order valence-electron chi connectivity index (χ4n) is 2.29. The van der Waals surface area contributed by atoms with E-state index < -0.39 is 5.91 Å². The van der Waals surface area contributed by atoms with Crippen LogP contribution in [0.15, 0.2) is 6.07 Å². The molecule has 7 heteroatoms. The molecule has 0 aliphatic rings. The molecule has 4 nitrogen and oxygen atoms in total. The topological polar surface area (TPSA) is 52.6 Å². The molecule has 0 aliphatic heterocycles. The standard InChI is InChI=1S/C15H21Cl3N2O2/c1-8(2)20(9(3)4)6-5-19-15(22)12-13(18)10(16)7-11(17)14(12)21/h7-9,21H,5-6H2,1-4H3,(H,19,22). The molecule has 0 radical (unpaired) electrons. The summed E-state index contributed by atoms with van der Waals surface area (Å²) in [6.07, 6.45) is 0. The van der Waals surface area contributed by atoms with Crippen LogP contribution in [0, 0.1) is 0 Å². The summed E-state index contributed by atoms with van der Waals surface area (Å²) < 4.78 is 0. The minimum atomic E-state index is -0.501. The van der Waals surface area contributed by atoms with E-state index in [0.29, 0.717) is 25.2 Å². The minimum Gasteiger partial charge on any atom is -0.505 e. The Morgan fingerprint density at radius 1 is 1.18 bits per heavy atom. The molecule has 0 spiro atoms. The molecule has 0 heterocycles. The number of carbonyl (C=O) groups is 1. The summed E-state index contributed by atoms with van der Waals surface area (Å²) in [5.74, 6) is -0.863. The first kappa shape index (κ1) is 19.4. The van der Waals surface area contributed by atoms with E-state index in [2.05, 4.69) is 37.9 Å². The van der Waals surface area contributed by atoms with Gasteiger partial charge in [0.2, 0.25) is 0 Å². The predicted molar refractivity (Wildman–Crippen MR) is 92.4 cm³/mol. The molecule has 1 aromatic rings. The summed E-state index contributed by atoms with van der Waals surface area (Å²) in [6.45, 7) is 9.51. The fourth-order valence-corrected chi connectivity index (χ4v) is 2.99. The molecular formula is C15H21Cl3N2O2. The lowest BCUT2D eigenvalue weighted by atomic mass is 10.2. The van der Waals surface area contributed by atoms with Crippen molar-refractivity contribution in [3.05, 3.63) is 26.7 Å². The molecule has 0 atom stereocenters. The number of benzene rings is 1. The summed E-state index contributed by atoms with van der Waals surface area (Å²) in [5, 5.41) is 12.8. The highest BCUT2D eigenvalue weighted by Crippen LogP contribution is 2.38. The van der Waals surface area contributed by atoms with Crippen molar-refractivity contribution >= 4 is 40.7 Å². The van der Waals surface area contributed by atoms with E-state index in [1.807, 2.05) is 0 Å². The second-order valence-corrected chi connectivity index (χ2v) is 6.75. The molecule has 0 bridgehead atoms. The molecule has 1 rings (SSSR count). The molecule has 2 N–H and O–H groups in total. The van der Waals surface area contributed by atoms with Gasteiger partial charge in [0.15, 0.2) is 0 Å². The zero-order valence-electron chi connectivity index (χ0n) is 13.1. The van der Waals surface area contributed by atoms with Gasteiger partial charge in [-0.3, -0.25) is 9.69 Å². The number of rotatable bonds is 6. The lowest BCUT2D eigenvalue weighted by Crippen LogP contribution is -2.42. The maximum absolute atomic E-state index is 12.2. The van der Waals surface area contributed by atoms with E-state index in [0.717, 1.165) is 0 Å². The number of aromatic hydroxyl groups is 1. The van der Waals surface area contributed by atoms with Crippen LogP contribution in [0.4, 0.5) is 0 Å². The minimum absolute atomic E-state index is 0.00866. The second-order valence-electron chi connectivity index (χ2n) is 5.56. The van der Waals surface area contributed by atoms with Gasteiger partial charge in [0.05, 0.1) is 15.1 Å². The first-order valence-corrected chi connectivity index (χ1v) is 8.20. The zero-order valence-corrected chi connectivity index (χ0v) is 15.4. The first-order valence-electron chi connectivity index (χ1n) is 7.07. The van der Waals surface area contributed by atoms with Crippen LogP contribution < -0.4 is 5.32 Å². The Bertz CT molecular complexity index is 514. The van der Waals surface area contributed by atoms with Crippen molar-refractivity contribution in [3.8, 4) is 5.75 Å². The molecule has 0 fully saturated rings. The summed E-state index contributed by atoms with van der Waals surface area (Å²) in [4.78, 5) is 14.5. The number of hydrogen-bond donors (Lipinski definition) is 2. The molecular weight excluding hydrogens is 347 g/mol. The third kappa shape index (κ3) is 4.66. The van der Waals surface area contributed by atoms with Crippen molar-refractivity contribution in [2.24, 2.45) is 0 Å². The smallest absolute Gasteiger partial charge is 0.256 e. The Labute approximate surface area is 146 Å². The molecule has 1 amide bonds. The van der Waals surface area contributed by atoms with Crippen LogP contribution in [-0.4, -0.2) is 41.1 Å². The molecule has 1 aromatic carbocycles. The molecule has 22 heavy (non-hydrogen) atoms. The van der Waals surface area contributed by atoms with Gasteiger partial charge in [-0.1, -0.05) is 34.8 Å². The fraction of sp³-hybridized carbons (Fsp3) is 0.533. The Balaban J connectivity index is 2.79. The number of phenols is 1. The maximum Gasteiger partial charge on any atom is 0.256 e. The Morgan fingerprint density at radius 2 is 1.73 bits per heavy atom.